The van der Waals surface area contributed by atoms with E-state index in [4.69, 9.17) is 0 Å². The second-order valence-electron chi connectivity index (χ2n) is 7.36. The minimum atomic E-state index is -0.585. The van der Waals surface area contributed by atoms with Crippen molar-refractivity contribution < 1.29 is 9.90 Å². The zero-order valence-electron chi connectivity index (χ0n) is 14.2. The summed E-state index contributed by atoms with van der Waals surface area (Å²) in [7, 11) is 0. The molecule has 2 aromatic rings. The number of piperidine rings is 1. The number of hydrogen-bond donors (Lipinski definition) is 2. The van der Waals surface area contributed by atoms with Gasteiger partial charge in [-0.15, -0.1) is 0 Å². The first kappa shape index (κ1) is 16.3. The molecule has 2 heterocycles. The van der Waals surface area contributed by atoms with Crippen LogP contribution in [0.5, 0.6) is 0 Å². The average molecular weight is 341 g/mol. The van der Waals surface area contributed by atoms with E-state index in [1.54, 1.807) is 12.1 Å². The van der Waals surface area contributed by atoms with Crippen LogP contribution in [-0.4, -0.2) is 44.8 Å². The Labute approximate surface area is 145 Å². The van der Waals surface area contributed by atoms with Crippen LogP contribution >= 0.6 is 0 Å². The molecule has 1 aliphatic carbocycles. The zero-order valence-corrected chi connectivity index (χ0v) is 14.2. The lowest BCUT2D eigenvalue weighted by atomic mass is 9.71. The Hall–Kier alpha value is -2.21. The molecule has 132 valence electrons. The molecule has 4 rings (SSSR count). The number of benzene rings is 1. The van der Waals surface area contributed by atoms with Gasteiger partial charge in [0.25, 0.3) is 5.56 Å². The summed E-state index contributed by atoms with van der Waals surface area (Å²) in [6.45, 7) is 1.21. The maximum Gasteiger partial charge on any atom is 0.272 e. The maximum atomic E-state index is 12.8. The molecule has 6 nitrogen and oxygen atoms in total. The van der Waals surface area contributed by atoms with Crippen molar-refractivity contribution in [3.05, 3.63) is 40.3 Å². The third-order valence-corrected chi connectivity index (χ3v) is 5.87. The monoisotopic (exact) mass is 341 g/mol. The fraction of sp³-hybridized carbons (Fsp3) is 0.526. The summed E-state index contributed by atoms with van der Waals surface area (Å²) in [5, 5.41) is 18.6. The Morgan fingerprint density at radius 2 is 2.08 bits per heavy atom. The predicted molar refractivity (Wildman–Crippen MR) is 94.2 cm³/mol. The lowest BCUT2D eigenvalue weighted by Gasteiger charge is -2.47. The van der Waals surface area contributed by atoms with Crippen molar-refractivity contribution in [2.45, 2.75) is 44.1 Å². The van der Waals surface area contributed by atoms with Crippen LogP contribution in [0.3, 0.4) is 0 Å². The second-order valence-corrected chi connectivity index (χ2v) is 7.36. The number of aliphatic hydroxyl groups is 1. The van der Waals surface area contributed by atoms with Crippen molar-refractivity contribution in [3.8, 4) is 0 Å². The van der Waals surface area contributed by atoms with Crippen LogP contribution in [0.2, 0.25) is 0 Å². The van der Waals surface area contributed by atoms with Crippen LogP contribution in [0, 0.1) is 5.92 Å². The highest BCUT2D eigenvalue weighted by Gasteiger charge is 2.43. The van der Waals surface area contributed by atoms with Crippen LogP contribution in [0.1, 0.15) is 37.8 Å². The lowest BCUT2D eigenvalue weighted by Crippen LogP contribution is -2.54. The molecule has 1 aliphatic heterocycles. The van der Waals surface area contributed by atoms with Crippen molar-refractivity contribution in [2.75, 3.05) is 13.1 Å². The van der Waals surface area contributed by atoms with E-state index in [0.29, 0.717) is 30.6 Å². The third kappa shape index (κ3) is 2.95. The molecule has 25 heavy (non-hydrogen) atoms. The Kier molecular flexibility index (Phi) is 4.07. The number of carbonyl (C=O) groups excluding carboxylic acids is 1. The molecule has 0 radical (unpaired) electrons. The molecule has 2 aliphatic rings. The molecule has 0 unspecified atom stereocenters. The van der Waals surface area contributed by atoms with Gasteiger partial charge in [0.2, 0.25) is 5.91 Å². The molecule has 1 amide bonds. The van der Waals surface area contributed by atoms with Gasteiger partial charge in [-0.2, -0.15) is 5.10 Å². The molecule has 2 fully saturated rings. The SMILES string of the molecule is O=C(Cc1n[nH]c(=O)c2ccccc12)N1CC[C@@]2(O)CCCC[C@@H]2C1. The van der Waals surface area contributed by atoms with Crippen LogP contribution in [0.4, 0.5) is 0 Å². The second kappa shape index (κ2) is 6.26. The fourth-order valence-corrected chi connectivity index (χ4v) is 4.36. The number of aromatic nitrogens is 2. The third-order valence-electron chi connectivity index (χ3n) is 5.87. The topological polar surface area (TPSA) is 86.3 Å². The first-order valence-electron chi connectivity index (χ1n) is 9.03. The molecule has 1 saturated carbocycles. The van der Waals surface area contributed by atoms with E-state index in [2.05, 4.69) is 10.2 Å². The molecular formula is C19H23N3O3. The molecule has 0 bridgehead atoms. The fourth-order valence-electron chi connectivity index (χ4n) is 4.36. The lowest BCUT2D eigenvalue weighted by molar-refractivity contribution is -0.142. The Balaban J connectivity index is 1.53. The number of hydrogen-bond acceptors (Lipinski definition) is 4. The van der Waals surface area contributed by atoms with Gasteiger partial charge in [0.1, 0.15) is 0 Å². The summed E-state index contributed by atoms with van der Waals surface area (Å²) in [5.74, 6) is 0.191. The highest BCUT2D eigenvalue weighted by molar-refractivity contribution is 5.88. The highest BCUT2D eigenvalue weighted by Crippen LogP contribution is 2.39. The first-order chi connectivity index (χ1) is 12.1. The highest BCUT2D eigenvalue weighted by atomic mass is 16.3. The van der Waals surface area contributed by atoms with Gasteiger partial charge in [-0.05, 0) is 25.3 Å². The van der Waals surface area contributed by atoms with Gasteiger partial charge < -0.3 is 10.0 Å². The number of rotatable bonds is 2. The predicted octanol–water partition coefficient (Wildman–Crippen LogP) is 1.62. The molecule has 0 spiro atoms. The van der Waals surface area contributed by atoms with Gasteiger partial charge in [-0.1, -0.05) is 31.0 Å². The van der Waals surface area contributed by atoms with E-state index >= 15 is 0 Å². The summed E-state index contributed by atoms with van der Waals surface area (Å²) >= 11 is 0. The summed E-state index contributed by atoms with van der Waals surface area (Å²) in [4.78, 5) is 26.5. The molecule has 6 heteroatoms. The normalized spacial score (nSPS) is 26.4. The molecule has 1 aromatic carbocycles. The van der Waals surface area contributed by atoms with Gasteiger partial charge in [-0.25, -0.2) is 5.10 Å². The first-order valence-corrected chi connectivity index (χ1v) is 9.03. The van der Waals surface area contributed by atoms with E-state index in [1.807, 2.05) is 17.0 Å². The number of amides is 1. The van der Waals surface area contributed by atoms with Crippen LogP contribution in [0.25, 0.3) is 10.8 Å². The minimum Gasteiger partial charge on any atom is -0.389 e. The minimum absolute atomic E-state index is 0.0114. The van der Waals surface area contributed by atoms with Crippen LogP contribution in [0.15, 0.2) is 29.1 Å². The molecule has 1 saturated heterocycles. The summed E-state index contributed by atoms with van der Waals surface area (Å²) < 4.78 is 0. The molecule has 2 atom stereocenters. The van der Waals surface area contributed by atoms with E-state index in [1.165, 1.54) is 0 Å². The summed E-state index contributed by atoms with van der Waals surface area (Å²) in [5.41, 5.74) is -0.223. The van der Waals surface area contributed by atoms with Gasteiger partial charge in [0.15, 0.2) is 0 Å². The van der Waals surface area contributed by atoms with E-state index < -0.39 is 5.60 Å². The number of nitrogens with one attached hydrogen (secondary N) is 1. The Morgan fingerprint density at radius 3 is 2.92 bits per heavy atom. The molecule has 1 aromatic heterocycles. The zero-order chi connectivity index (χ0) is 17.4. The standard InChI is InChI=1S/C19H23N3O3/c23-17(22-10-9-19(25)8-4-3-5-13(19)12-22)11-16-14-6-1-2-7-15(14)18(24)21-20-16/h1-2,6-7,13,25H,3-5,8-12H2,(H,21,24)/t13-,19+/m1/s1. The van der Waals surface area contributed by atoms with Crippen molar-refractivity contribution >= 4 is 16.7 Å². The number of likely N-dealkylation sites (tertiary alicyclic amines) is 1. The quantitative estimate of drug-likeness (QED) is 0.869. The largest absolute Gasteiger partial charge is 0.389 e. The van der Waals surface area contributed by atoms with E-state index in [9.17, 15) is 14.7 Å². The summed E-state index contributed by atoms with van der Waals surface area (Å²) in [6.07, 6.45) is 4.87. The van der Waals surface area contributed by atoms with Gasteiger partial charge >= 0.3 is 0 Å². The van der Waals surface area contributed by atoms with E-state index in [-0.39, 0.29) is 23.8 Å². The average Bonchev–Trinajstić information content (AvgIpc) is 2.63. The number of H-pyrrole nitrogens is 1. The number of nitrogens with zero attached hydrogens (tertiary/aromatic N) is 2. The van der Waals surface area contributed by atoms with Crippen molar-refractivity contribution in [3.63, 3.8) is 0 Å². The Bertz CT molecular complexity index is 862. The van der Waals surface area contributed by atoms with Crippen LogP contribution in [-0.2, 0) is 11.2 Å². The molecular weight excluding hydrogens is 318 g/mol. The Morgan fingerprint density at radius 1 is 1.28 bits per heavy atom. The van der Waals surface area contributed by atoms with Crippen molar-refractivity contribution in [1.82, 2.24) is 15.1 Å². The molecule has 2 N–H and O–H groups in total. The van der Waals surface area contributed by atoms with Crippen molar-refractivity contribution in [1.29, 1.82) is 0 Å². The van der Waals surface area contributed by atoms with Crippen LogP contribution < -0.4 is 5.56 Å². The maximum absolute atomic E-state index is 12.8. The van der Waals surface area contributed by atoms with Crippen molar-refractivity contribution in [2.24, 2.45) is 5.92 Å². The summed E-state index contributed by atoms with van der Waals surface area (Å²) in [6, 6.07) is 7.22. The number of aromatic amines is 1. The van der Waals surface area contributed by atoms with E-state index in [0.717, 1.165) is 31.1 Å². The number of fused-ring (bicyclic) bond motifs is 2. The number of carbonyl (C=O) groups is 1. The smallest absolute Gasteiger partial charge is 0.272 e. The van der Waals surface area contributed by atoms with Gasteiger partial charge in [0, 0.05) is 24.4 Å². The van der Waals surface area contributed by atoms with Gasteiger partial charge in [-0.3, -0.25) is 9.59 Å². The van der Waals surface area contributed by atoms with Gasteiger partial charge in [0.05, 0.1) is 23.1 Å².